The number of hydrogen-bond acceptors (Lipinski definition) is 0. The van der Waals surface area contributed by atoms with Crippen LogP contribution in [-0.4, -0.2) is 0 Å². The first-order chi connectivity index (χ1) is 8.59. The van der Waals surface area contributed by atoms with Crippen LogP contribution in [-0.2, 0) is 0 Å². The molecule has 2 fully saturated rings. The van der Waals surface area contributed by atoms with Crippen LogP contribution in [0.4, 0.5) is 13.2 Å². The summed E-state index contributed by atoms with van der Waals surface area (Å²) in [6.07, 6.45) is 4.65. The molecule has 4 heteroatoms. The van der Waals surface area contributed by atoms with Crippen LogP contribution in [0.15, 0.2) is 12.1 Å². The van der Waals surface area contributed by atoms with Gasteiger partial charge < -0.3 is 0 Å². The van der Waals surface area contributed by atoms with Crippen molar-refractivity contribution in [1.82, 2.24) is 0 Å². The van der Waals surface area contributed by atoms with Crippen molar-refractivity contribution in [2.75, 3.05) is 0 Å². The van der Waals surface area contributed by atoms with Crippen molar-refractivity contribution in [3.05, 3.63) is 35.1 Å². The van der Waals surface area contributed by atoms with Crippen LogP contribution in [0.2, 0.25) is 0 Å². The molecule has 98 valence electrons. The van der Waals surface area contributed by atoms with Gasteiger partial charge in [0.1, 0.15) is 5.82 Å². The van der Waals surface area contributed by atoms with E-state index in [0.717, 1.165) is 18.9 Å². The van der Waals surface area contributed by atoms with E-state index in [4.69, 9.17) is 11.6 Å². The van der Waals surface area contributed by atoms with Crippen molar-refractivity contribution in [2.45, 2.75) is 31.1 Å². The van der Waals surface area contributed by atoms with E-state index < -0.39 is 22.8 Å². The highest BCUT2D eigenvalue weighted by atomic mass is 35.5. The van der Waals surface area contributed by atoms with Gasteiger partial charge in [-0.1, -0.05) is 12.8 Å². The fraction of sp³-hybridized carbons (Fsp3) is 0.571. The van der Waals surface area contributed by atoms with E-state index in [-0.39, 0.29) is 11.5 Å². The van der Waals surface area contributed by atoms with Gasteiger partial charge in [0, 0.05) is 11.6 Å². The van der Waals surface area contributed by atoms with Crippen molar-refractivity contribution < 1.29 is 13.2 Å². The van der Waals surface area contributed by atoms with Crippen LogP contribution in [0.3, 0.4) is 0 Å². The SMILES string of the molecule is Fc1cc(F)c(C(Cl)C2C3CCCCC32)cc1F. The van der Waals surface area contributed by atoms with Gasteiger partial charge in [-0.3, -0.25) is 0 Å². The standard InChI is InChI=1S/C14H14ClF3/c15-14(13-7-3-1-2-4-8(7)13)9-5-11(17)12(18)6-10(9)16/h5-8,13-14H,1-4H2. The first-order valence-electron chi connectivity index (χ1n) is 6.38. The molecule has 0 spiro atoms. The monoisotopic (exact) mass is 274 g/mol. The number of fused-ring (bicyclic) bond motifs is 1. The molecule has 2 aliphatic carbocycles. The van der Waals surface area contributed by atoms with Crippen LogP contribution in [0.5, 0.6) is 0 Å². The molecule has 0 aliphatic heterocycles. The first kappa shape index (κ1) is 12.3. The molecule has 1 aromatic rings. The molecule has 2 aliphatic rings. The third-order valence-electron chi connectivity index (χ3n) is 4.40. The van der Waals surface area contributed by atoms with Gasteiger partial charge in [0.05, 0.1) is 5.38 Å². The van der Waals surface area contributed by atoms with Gasteiger partial charge in [0.25, 0.3) is 0 Å². The topological polar surface area (TPSA) is 0 Å². The summed E-state index contributed by atoms with van der Waals surface area (Å²) in [6, 6.07) is 1.50. The zero-order valence-corrected chi connectivity index (χ0v) is 10.6. The Morgan fingerprint density at radius 2 is 1.50 bits per heavy atom. The Morgan fingerprint density at radius 1 is 0.944 bits per heavy atom. The molecule has 0 radical (unpaired) electrons. The molecule has 2 saturated carbocycles. The lowest BCUT2D eigenvalue weighted by atomic mass is 10.0. The average molecular weight is 275 g/mol. The van der Waals surface area contributed by atoms with E-state index in [1.807, 2.05) is 0 Å². The third-order valence-corrected chi connectivity index (χ3v) is 4.92. The Balaban J connectivity index is 1.85. The Morgan fingerprint density at radius 3 is 2.11 bits per heavy atom. The van der Waals surface area contributed by atoms with Crippen molar-refractivity contribution in [3.63, 3.8) is 0 Å². The first-order valence-corrected chi connectivity index (χ1v) is 6.81. The summed E-state index contributed by atoms with van der Waals surface area (Å²) in [5, 5.41) is -0.534. The summed E-state index contributed by atoms with van der Waals surface area (Å²) < 4.78 is 39.7. The number of alkyl halides is 1. The summed E-state index contributed by atoms with van der Waals surface area (Å²) in [5.41, 5.74) is 0.106. The Labute approximate surface area is 109 Å². The van der Waals surface area contributed by atoms with Gasteiger partial charge in [0.15, 0.2) is 11.6 Å². The lowest BCUT2D eigenvalue weighted by molar-refractivity contribution is 0.480. The van der Waals surface area contributed by atoms with E-state index in [1.165, 1.54) is 12.8 Å². The highest BCUT2D eigenvalue weighted by molar-refractivity contribution is 6.21. The summed E-state index contributed by atoms with van der Waals surface area (Å²) in [6.45, 7) is 0. The zero-order chi connectivity index (χ0) is 12.9. The van der Waals surface area contributed by atoms with E-state index in [9.17, 15) is 13.2 Å². The molecule has 3 atom stereocenters. The molecule has 0 N–H and O–H groups in total. The Hall–Kier alpha value is -0.700. The normalized spacial score (nSPS) is 31.9. The van der Waals surface area contributed by atoms with Crippen LogP contribution in [0.1, 0.15) is 36.6 Å². The molecule has 0 nitrogen and oxygen atoms in total. The summed E-state index contributed by atoms with van der Waals surface area (Å²) in [7, 11) is 0. The van der Waals surface area contributed by atoms with Crippen LogP contribution < -0.4 is 0 Å². The predicted molar refractivity (Wildman–Crippen MR) is 63.8 cm³/mol. The van der Waals surface area contributed by atoms with E-state index in [1.54, 1.807) is 0 Å². The summed E-state index contributed by atoms with van der Waals surface area (Å²) in [4.78, 5) is 0. The maximum atomic E-state index is 13.7. The minimum Gasteiger partial charge on any atom is -0.207 e. The largest absolute Gasteiger partial charge is 0.207 e. The molecule has 0 aromatic heterocycles. The maximum Gasteiger partial charge on any atom is 0.161 e. The molecular formula is C14H14ClF3. The summed E-state index contributed by atoms with van der Waals surface area (Å²) >= 11 is 6.28. The van der Waals surface area contributed by atoms with Gasteiger partial charge in [-0.05, 0) is 36.7 Å². The minimum absolute atomic E-state index is 0.106. The number of rotatable bonds is 2. The van der Waals surface area contributed by atoms with Gasteiger partial charge in [-0.25, -0.2) is 13.2 Å². The van der Waals surface area contributed by atoms with Crippen molar-refractivity contribution >= 4 is 11.6 Å². The Bertz CT molecular complexity index is 462. The maximum absolute atomic E-state index is 13.7. The second-order valence-corrected chi connectivity index (χ2v) is 5.85. The van der Waals surface area contributed by atoms with Crippen LogP contribution in [0, 0.1) is 35.2 Å². The lowest BCUT2D eigenvalue weighted by Crippen LogP contribution is -2.02. The van der Waals surface area contributed by atoms with Crippen LogP contribution >= 0.6 is 11.6 Å². The van der Waals surface area contributed by atoms with Gasteiger partial charge in [0.2, 0.25) is 0 Å². The van der Waals surface area contributed by atoms with Crippen molar-refractivity contribution in [2.24, 2.45) is 17.8 Å². The lowest BCUT2D eigenvalue weighted by Gasteiger charge is -2.11. The molecule has 0 saturated heterocycles. The van der Waals surface area contributed by atoms with Gasteiger partial charge in [-0.2, -0.15) is 0 Å². The molecule has 3 rings (SSSR count). The predicted octanol–water partition coefficient (Wildman–Crippen LogP) is 4.82. The quantitative estimate of drug-likeness (QED) is 0.536. The number of hydrogen-bond donors (Lipinski definition) is 0. The molecule has 0 bridgehead atoms. The van der Waals surface area contributed by atoms with Crippen molar-refractivity contribution in [1.29, 1.82) is 0 Å². The van der Waals surface area contributed by atoms with Crippen molar-refractivity contribution in [3.8, 4) is 0 Å². The van der Waals surface area contributed by atoms with E-state index in [2.05, 4.69) is 0 Å². The van der Waals surface area contributed by atoms with Gasteiger partial charge in [-0.15, -0.1) is 11.6 Å². The molecule has 3 unspecified atom stereocenters. The average Bonchev–Trinajstić information content (AvgIpc) is 3.07. The zero-order valence-electron chi connectivity index (χ0n) is 9.80. The fourth-order valence-electron chi connectivity index (χ4n) is 3.44. The van der Waals surface area contributed by atoms with E-state index in [0.29, 0.717) is 17.9 Å². The number of benzene rings is 1. The summed E-state index contributed by atoms with van der Waals surface area (Å²) in [5.74, 6) is -1.59. The minimum atomic E-state index is -1.16. The smallest absolute Gasteiger partial charge is 0.161 e. The van der Waals surface area contributed by atoms with Crippen LogP contribution in [0.25, 0.3) is 0 Å². The highest BCUT2D eigenvalue weighted by Gasteiger charge is 2.54. The number of halogens is 4. The Kier molecular flexibility index (Phi) is 3.05. The highest BCUT2D eigenvalue weighted by Crippen LogP contribution is 2.62. The fourth-order valence-corrected chi connectivity index (χ4v) is 3.98. The molecule has 18 heavy (non-hydrogen) atoms. The second-order valence-electron chi connectivity index (χ2n) is 5.38. The van der Waals surface area contributed by atoms with E-state index >= 15 is 0 Å². The molecule has 0 amide bonds. The molecular weight excluding hydrogens is 261 g/mol. The second kappa shape index (κ2) is 4.44. The molecule has 0 heterocycles. The molecule has 1 aromatic carbocycles. The third kappa shape index (κ3) is 1.93. The van der Waals surface area contributed by atoms with Gasteiger partial charge >= 0.3 is 0 Å².